The zero-order chi connectivity index (χ0) is 16.2. The average Bonchev–Trinajstić information content (AvgIpc) is 2.55. The molecule has 0 aliphatic carbocycles. The quantitative estimate of drug-likeness (QED) is 0.849. The van der Waals surface area contributed by atoms with E-state index in [1.54, 1.807) is 0 Å². The van der Waals surface area contributed by atoms with Gasteiger partial charge in [0.2, 0.25) is 0 Å². The first-order valence-corrected chi connectivity index (χ1v) is 7.97. The number of nitrogens with one attached hydrogen (secondary N) is 1. The lowest BCUT2D eigenvalue weighted by molar-refractivity contribution is 0.302. The molecule has 1 N–H and O–H groups in total. The van der Waals surface area contributed by atoms with E-state index in [1.165, 1.54) is 0 Å². The van der Waals surface area contributed by atoms with Gasteiger partial charge in [-0.05, 0) is 48.7 Å². The highest BCUT2D eigenvalue weighted by Gasteiger charge is 2.13. The number of hydrogen-bond donors (Lipinski definition) is 1. The normalized spacial score (nSPS) is 13.9. The van der Waals surface area contributed by atoms with Crippen molar-refractivity contribution < 1.29 is 4.74 Å². The number of halogens is 1. The van der Waals surface area contributed by atoms with Crippen LogP contribution in [0.25, 0.3) is 0 Å². The molecule has 3 nitrogen and oxygen atoms in total. The maximum absolute atomic E-state index is 6.03. The fourth-order valence-corrected chi connectivity index (χ4v) is 2.79. The second-order valence-electron chi connectivity index (χ2n) is 5.58. The summed E-state index contributed by atoms with van der Waals surface area (Å²) in [4.78, 5) is 4.46. The van der Waals surface area contributed by atoms with Crippen LogP contribution >= 0.6 is 11.6 Å². The molecule has 0 aromatic heterocycles. The molecule has 0 radical (unpaired) electrons. The highest BCUT2D eigenvalue weighted by atomic mass is 35.5. The number of hydrogen-bond acceptors (Lipinski definition) is 3. The molecule has 0 atom stereocenters. The minimum absolute atomic E-state index is 0.565. The van der Waals surface area contributed by atoms with E-state index in [1.807, 2.05) is 24.3 Å². The third-order valence-electron chi connectivity index (χ3n) is 3.72. The summed E-state index contributed by atoms with van der Waals surface area (Å²) >= 11 is 6.03. The lowest BCUT2D eigenvalue weighted by atomic mass is 10.0. The molecule has 1 heterocycles. The van der Waals surface area contributed by atoms with E-state index in [4.69, 9.17) is 16.3 Å². The van der Waals surface area contributed by atoms with E-state index in [0.717, 1.165) is 33.8 Å². The number of amidine groups is 1. The van der Waals surface area contributed by atoms with Crippen LogP contribution in [-0.4, -0.2) is 12.4 Å². The van der Waals surface area contributed by atoms with Crippen molar-refractivity contribution in [3.8, 4) is 5.75 Å². The van der Waals surface area contributed by atoms with Crippen molar-refractivity contribution in [2.45, 2.75) is 20.5 Å². The van der Waals surface area contributed by atoms with Crippen LogP contribution in [0.5, 0.6) is 5.75 Å². The molecule has 0 bridgehead atoms. The molecule has 23 heavy (non-hydrogen) atoms. The second kappa shape index (κ2) is 6.88. The van der Waals surface area contributed by atoms with Crippen molar-refractivity contribution in [3.05, 3.63) is 76.0 Å². The first kappa shape index (κ1) is 15.6. The summed E-state index contributed by atoms with van der Waals surface area (Å²) in [7, 11) is 0. The largest absolute Gasteiger partial charge is 0.488 e. The maximum Gasteiger partial charge on any atom is 0.133 e. The first-order chi connectivity index (χ1) is 11.1. The van der Waals surface area contributed by atoms with Gasteiger partial charge in [0, 0.05) is 5.56 Å². The fourth-order valence-electron chi connectivity index (χ4n) is 2.63. The van der Waals surface area contributed by atoms with Crippen LogP contribution < -0.4 is 10.1 Å². The van der Waals surface area contributed by atoms with Crippen LogP contribution in [-0.2, 0) is 6.61 Å². The number of rotatable bonds is 4. The second-order valence-corrected chi connectivity index (χ2v) is 5.99. The van der Waals surface area contributed by atoms with E-state index >= 15 is 0 Å². The van der Waals surface area contributed by atoms with Gasteiger partial charge in [-0.2, -0.15) is 0 Å². The van der Waals surface area contributed by atoms with Crippen molar-refractivity contribution in [3.63, 3.8) is 0 Å². The Hall–Kier alpha value is -2.26. The standard InChI is InChI=1S/C19H19ClN2O/c1-13-10-16(19-21-9-8-17(20)22-19)11-14(2)18(13)23-12-15-6-4-3-5-7-15/h3-8,10-11H,9,12H2,1-2H3,(H,21,22). The predicted molar refractivity (Wildman–Crippen MR) is 95.2 cm³/mol. The lowest BCUT2D eigenvalue weighted by Gasteiger charge is -2.17. The number of aliphatic imine (C=N–C) groups is 1. The summed E-state index contributed by atoms with van der Waals surface area (Å²) in [6.07, 6.45) is 1.85. The Kier molecular flexibility index (Phi) is 4.68. The minimum atomic E-state index is 0.565. The van der Waals surface area contributed by atoms with Gasteiger partial charge in [0.15, 0.2) is 0 Å². The number of aryl methyl sites for hydroxylation is 2. The Morgan fingerprint density at radius 2 is 1.83 bits per heavy atom. The van der Waals surface area contributed by atoms with Crippen molar-refractivity contribution in [1.82, 2.24) is 5.32 Å². The average molecular weight is 327 g/mol. The number of ether oxygens (including phenoxy) is 1. The highest BCUT2D eigenvalue weighted by Crippen LogP contribution is 2.26. The summed E-state index contributed by atoms with van der Waals surface area (Å²) in [5.41, 5.74) is 4.36. The van der Waals surface area contributed by atoms with Crippen LogP contribution in [0.2, 0.25) is 0 Å². The predicted octanol–water partition coefficient (Wildman–Crippen LogP) is 4.31. The molecule has 118 valence electrons. The van der Waals surface area contributed by atoms with E-state index in [0.29, 0.717) is 18.3 Å². The molecule has 1 aliphatic rings. The molecule has 0 saturated carbocycles. The monoisotopic (exact) mass is 326 g/mol. The molecule has 3 rings (SSSR count). The van der Waals surface area contributed by atoms with E-state index in [2.05, 4.69) is 48.4 Å². The summed E-state index contributed by atoms with van der Waals surface area (Å²) in [5.74, 6) is 1.73. The molecule has 0 unspecified atom stereocenters. The summed E-state index contributed by atoms with van der Waals surface area (Å²) in [6.45, 7) is 5.27. The van der Waals surface area contributed by atoms with Crippen molar-refractivity contribution in [2.75, 3.05) is 6.54 Å². The zero-order valence-corrected chi connectivity index (χ0v) is 14.0. The Morgan fingerprint density at radius 1 is 1.13 bits per heavy atom. The van der Waals surface area contributed by atoms with Gasteiger partial charge in [0.05, 0.1) is 6.54 Å². The Balaban J connectivity index is 1.79. The molecule has 4 heteroatoms. The van der Waals surface area contributed by atoms with Crippen molar-refractivity contribution in [1.29, 1.82) is 0 Å². The molecular weight excluding hydrogens is 308 g/mol. The topological polar surface area (TPSA) is 33.6 Å². The van der Waals surface area contributed by atoms with Crippen LogP contribution in [0.1, 0.15) is 22.3 Å². The highest BCUT2D eigenvalue weighted by molar-refractivity contribution is 6.31. The van der Waals surface area contributed by atoms with E-state index in [9.17, 15) is 0 Å². The van der Waals surface area contributed by atoms with Gasteiger partial charge < -0.3 is 10.1 Å². The summed E-state index contributed by atoms with van der Waals surface area (Å²) < 4.78 is 6.02. The lowest BCUT2D eigenvalue weighted by Crippen LogP contribution is -2.25. The molecule has 1 aliphatic heterocycles. The van der Waals surface area contributed by atoms with Crippen LogP contribution in [0.4, 0.5) is 0 Å². The van der Waals surface area contributed by atoms with Gasteiger partial charge in [0.25, 0.3) is 0 Å². The van der Waals surface area contributed by atoms with Gasteiger partial charge in [0.1, 0.15) is 23.3 Å². The SMILES string of the molecule is Cc1cc(C2=NCC=C(Cl)N2)cc(C)c1OCc1ccccc1. The van der Waals surface area contributed by atoms with Crippen molar-refractivity contribution in [2.24, 2.45) is 4.99 Å². The van der Waals surface area contributed by atoms with Crippen LogP contribution in [0, 0.1) is 13.8 Å². The maximum atomic E-state index is 6.03. The van der Waals surface area contributed by atoms with Gasteiger partial charge in [-0.3, -0.25) is 4.99 Å². The van der Waals surface area contributed by atoms with Gasteiger partial charge >= 0.3 is 0 Å². The molecule has 2 aromatic carbocycles. The third kappa shape index (κ3) is 3.74. The molecule has 0 amide bonds. The molecular formula is C19H19ClN2O. The minimum Gasteiger partial charge on any atom is -0.488 e. The first-order valence-electron chi connectivity index (χ1n) is 7.59. The molecule has 0 fully saturated rings. The summed E-state index contributed by atoms with van der Waals surface area (Å²) in [5, 5.41) is 3.72. The number of nitrogens with zero attached hydrogens (tertiary/aromatic N) is 1. The molecule has 2 aromatic rings. The van der Waals surface area contributed by atoms with E-state index in [-0.39, 0.29) is 0 Å². The van der Waals surface area contributed by atoms with Gasteiger partial charge in [-0.1, -0.05) is 41.9 Å². The van der Waals surface area contributed by atoms with Crippen molar-refractivity contribution >= 4 is 17.4 Å². The summed E-state index contributed by atoms with van der Waals surface area (Å²) in [6, 6.07) is 14.3. The zero-order valence-electron chi connectivity index (χ0n) is 13.3. The Bertz CT molecular complexity index is 743. The van der Waals surface area contributed by atoms with Crippen LogP contribution in [0.15, 0.2) is 58.7 Å². The van der Waals surface area contributed by atoms with E-state index < -0.39 is 0 Å². The molecule has 0 spiro atoms. The smallest absolute Gasteiger partial charge is 0.133 e. The Labute approximate surface area is 141 Å². The molecule has 0 saturated heterocycles. The van der Waals surface area contributed by atoms with Gasteiger partial charge in [-0.15, -0.1) is 0 Å². The third-order valence-corrected chi connectivity index (χ3v) is 3.97. The number of benzene rings is 2. The van der Waals surface area contributed by atoms with Crippen LogP contribution in [0.3, 0.4) is 0 Å². The van der Waals surface area contributed by atoms with Gasteiger partial charge in [-0.25, -0.2) is 0 Å². The Morgan fingerprint density at radius 3 is 2.48 bits per heavy atom. The fraction of sp³-hybridized carbons (Fsp3) is 0.211.